The third-order valence-electron chi connectivity index (χ3n) is 3.72. The molecule has 0 heterocycles. The molecule has 1 atom stereocenters. The van der Waals surface area contributed by atoms with Crippen molar-refractivity contribution in [3.8, 4) is 5.75 Å². The van der Waals surface area contributed by atoms with E-state index in [9.17, 15) is 0 Å². The maximum absolute atomic E-state index is 6.20. The van der Waals surface area contributed by atoms with E-state index in [-0.39, 0.29) is 6.04 Å². The van der Waals surface area contributed by atoms with Crippen LogP contribution in [0.5, 0.6) is 5.75 Å². The van der Waals surface area contributed by atoms with Gasteiger partial charge in [0.2, 0.25) is 0 Å². The predicted molar refractivity (Wildman–Crippen MR) is 71.2 cm³/mol. The summed E-state index contributed by atoms with van der Waals surface area (Å²) in [4.78, 5) is 0. The topological polar surface area (TPSA) is 35.2 Å². The second kappa shape index (κ2) is 6.06. The molecule has 0 aromatic heterocycles. The Kier molecular flexibility index (Phi) is 4.43. The Morgan fingerprint density at radius 1 is 1.18 bits per heavy atom. The summed E-state index contributed by atoms with van der Waals surface area (Å²) in [6.45, 7) is 2.73. The zero-order valence-corrected chi connectivity index (χ0v) is 10.7. The van der Waals surface area contributed by atoms with Gasteiger partial charge in [-0.25, -0.2) is 0 Å². The third-order valence-corrected chi connectivity index (χ3v) is 3.72. The summed E-state index contributed by atoms with van der Waals surface area (Å²) < 4.78 is 5.75. The minimum atomic E-state index is 0.191. The molecule has 2 nitrogen and oxygen atoms in total. The van der Waals surface area contributed by atoms with Crippen molar-refractivity contribution < 1.29 is 4.74 Å². The highest BCUT2D eigenvalue weighted by atomic mass is 16.5. The fourth-order valence-corrected chi connectivity index (χ4v) is 2.53. The molecule has 2 rings (SSSR count). The van der Waals surface area contributed by atoms with Gasteiger partial charge in [-0.1, -0.05) is 37.0 Å². The van der Waals surface area contributed by atoms with Gasteiger partial charge in [-0.05, 0) is 37.8 Å². The Morgan fingerprint density at radius 2 is 1.82 bits per heavy atom. The smallest absolute Gasteiger partial charge is 0.119 e. The van der Waals surface area contributed by atoms with Crippen LogP contribution in [0.3, 0.4) is 0 Å². The number of ether oxygens (including phenoxy) is 1. The predicted octanol–water partition coefficient (Wildman–Crippen LogP) is 3.28. The molecule has 1 aliphatic rings. The minimum absolute atomic E-state index is 0.191. The number of benzene rings is 1. The van der Waals surface area contributed by atoms with Crippen molar-refractivity contribution in [3.05, 3.63) is 29.8 Å². The summed E-state index contributed by atoms with van der Waals surface area (Å²) in [6.07, 6.45) is 6.60. The molecule has 1 aliphatic carbocycles. The van der Waals surface area contributed by atoms with Crippen molar-refractivity contribution in [3.63, 3.8) is 0 Å². The van der Waals surface area contributed by atoms with Crippen LogP contribution >= 0.6 is 0 Å². The van der Waals surface area contributed by atoms with Crippen LogP contribution in [0.4, 0.5) is 0 Å². The van der Waals surface area contributed by atoms with Crippen LogP contribution < -0.4 is 10.5 Å². The summed E-state index contributed by atoms with van der Waals surface area (Å²) in [5.41, 5.74) is 7.46. The first-order valence-electron chi connectivity index (χ1n) is 6.71. The fraction of sp³-hybridized carbons (Fsp3) is 0.600. The summed E-state index contributed by atoms with van der Waals surface area (Å²) >= 11 is 0. The molecule has 0 spiro atoms. The zero-order valence-electron chi connectivity index (χ0n) is 10.7. The molecule has 2 N–H and O–H groups in total. The van der Waals surface area contributed by atoms with E-state index >= 15 is 0 Å². The molecule has 0 bridgehead atoms. The molecular weight excluding hydrogens is 210 g/mol. The summed E-state index contributed by atoms with van der Waals surface area (Å²) in [5, 5.41) is 0. The molecule has 94 valence electrons. The van der Waals surface area contributed by atoms with Gasteiger partial charge in [0.05, 0.1) is 0 Å². The summed E-state index contributed by atoms with van der Waals surface area (Å²) in [6, 6.07) is 8.37. The quantitative estimate of drug-likeness (QED) is 0.866. The number of hydrogen-bond acceptors (Lipinski definition) is 2. The van der Waals surface area contributed by atoms with Crippen LogP contribution in [0.1, 0.15) is 37.7 Å². The number of nitrogens with two attached hydrogens (primary N) is 1. The lowest BCUT2D eigenvalue weighted by Gasteiger charge is -2.27. The van der Waals surface area contributed by atoms with E-state index in [0.717, 1.165) is 5.75 Å². The van der Waals surface area contributed by atoms with Gasteiger partial charge in [0, 0.05) is 6.04 Å². The van der Waals surface area contributed by atoms with E-state index in [4.69, 9.17) is 10.5 Å². The van der Waals surface area contributed by atoms with Crippen molar-refractivity contribution in [1.82, 2.24) is 0 Å². The van der Waals surface area contributed by atoms with Crippen molar-refractivity contribution >= 4 is 0 Å². The first-order valence-corrected chi connectivity index (χ1v) is 6.71. The molecule has 1 aromatic carbocycles. The van der Waals surface area contributed by atoms with Crippen LogP contribution in [0.25, 0.3) is 0 Å². The maximum Gasteiger partial charge on any atom is 0.119 e. The van der Waals surface area contributed by atoms with Gasteiger partial charge in [0.25, 0.3) is 0 Å². The van der Waals surface area contributed by atoms with Gasteiger partial charge in [0.15, 0.2) is 0 Å². The molecule has 0 amide bonds. The molecule has 1 saturated carbocycles. The SMILES string of the molecule is Cc1ccc(OCC(N)C2CCCCC2)cc1. The number of aryl methyl sites for hydroxylation is 1. The van der Waals surface area contributed by atoms with Gasteiger partial charge in [0.1, 0.15) is 12.4 Å². The Bertz CT molecular complexity index is 327. The van der Waals surface area contributed by atoms with E-state index in [1.807, 2.05) is 12.1 Å². The van der Waals surface area contributed by atoms with E-state index < -0.39 is 0 Å². The van der Waals surface area contributed by atoms with Gasteiger partial charge in [-0.3, -0.25) is 0 Å². The van der Waals surface area contributed by atoms with Gasteiger partial charge in [-0.2, -0.15) is 0 Å². The standard InChI is InChI=1S/C15H23NO/c1-12-7-9-14(10-8-12)17-11-15(16)13-5-3-2-4-6-13/h7-10,13,15H,2-6,11,16H2,1H3. The Labute approximate surface area is 104 Å². The van der Waals surface area contributed by atoms with Crippen molar-refractivity contribution in [1.29, 1.82) is 0 Å². The van der Waals surface area contributed by atoms with E-state index in [1.54, 1.807) is 0 Å². The molecule has 1 unspecified atom stereocenters. The molecule has 0 aliphatic heterocycles. The largest absolute Gasteiger partial charge is 0.492 e. The first-order chi connectivity index (χ1) is 8.25. The second-order valence-corrected chi connectivity index (χ2v) is 5.19. The Morgan fingerprint density at radius 3 is 2.47 bits per heavy atom. The normalized spacial score (nSPS) is 18.9. The zero-order chi connectivity index (χ0) is 12.1. The molecule has 1 fully saturated rings. The van der Waals surface area contributed by atoms with E-state index in [2.05, 4.69) is 19.1 Å². The van der Waals surface area contributed by atoms with E-state index in [1.165, 1.54) is 37.7 Å². The van der Waals surface area contributed by atoms with E-state index in [0.29, 0.717) is 12.5 Å². The molecule has 17 heavy (non-hydrogen) atoms. The van der Waals surface area contributed by atoms with Crippen LogP contribution in [-0.2, 0) is 0 Å². The highest BCUT2D eigenvalue weighted by molar-refractivity contribution is 5.26. The molecule has 2 heteroatoms. The van der Waals surface area contributed by atoms with Gasteiger partial charge < -0.3 is 10.5 Å². The van der Waals surface area contributed by atoms with Crippen molar-refractivity contribution in [2.24, 2.45) is 11.7 Å². The van der Waals surface area contributed by atoms with Gasteiger partial charge >= 0.3 is 0 Å². The summed E-state index contributed by atoms with van der Waals surface area (Å²) in [5.74, 6) is 1.59. The fourth-order valence-electron chi connectivity index (χ4n) is 2.53. The number of rotatable bonds is 4. The van der Waals surface area contributed by atoms with Gasteiger partial charge in [-0.15, -0.1) is 0 Å². The summed E-state index contributed by atoms with van der Waals surface area (Å²) in [7, 11) is 0. The molecule has 0 saturated heterocycles. The van der Waals surface area contributed by atoms with Crippen molar-refractivity contribution in [2.45, 2.75) is 45.1 Å². The Balaban J connectivity index is 1.78. The average molecular weight is 233 g/mol. The number of hydrogen-bond donors (Lipinski definition) is 1. The monoisotopic (exact) mass is 233 g/mol. The molecule has 1 aromatic rings. The second-order valence-electron chi connectivity index (χ2n) is 5.19. The lowest BCUT2D eigenvalue weighted by Crippen LogP contribution is -2.37. The highest BCUT2D eigenvalue weighted by Crippen LogP contribution is 2.26. The molecule has 0 radical (unpaired) electrons. The van der Waals surface area contributed by atoms with Crippen LogP contribution in [0.15, 0.2) is 24.3 Å². The highest BCUT2D eigenvalue weighted by Gasteiger charge is 2.20. The lowest BCUT2D eigenvalue weighted by molar-refractivity contribution is 0.214. The first kappa shape index (κ1) is 12.4. The maximum atomic E-state index is 6.20. The molecular formula is C15H23NO. The van der Waals surface area contributed by atoms with Crippen LogP contribution in [-0.4, -0.2) is 12.6 Å². The third kappa shape index (κ3) is 3.74. The van der Waals surface area contributed by atoms with Crippen molar-refractivity contribution in [2.75, 3.05) is 6.61 Å². The Hall–Kier alpha value is -1.02. The lowest BCUT2D eigenvalue weighted by atomic mass is 9.84. The van der Waals surface area contributed by atoms with Crippen LogP contribution in [0.2, 0.25) is 0 Å². The minimum Gasteiger partial charge on any atom is -0.492 e. The van der Waals surface area contributed by atoms with Crippen LogP contribution in [0, 0.1) is 12.8 Å². The average Bonchev–Trinajstić information content (AvgIpc) is 2.39.